The maximum atomic E-state index is 11.8. The van der Waals surface area contributed by atoms with Gasteiger partial charge >= 0.3 is 0 Å². The van der Waals surface area contributed by atoms with Gasteiger partial charge in [-0.2, -0.15) is 0 Å². The predicted molar refractivity (Wildman–Crippen MR) is 97.4 cm³/mol. The van der Waals surface area contributed by atoms with E-state index in [1.807, 2.05) is 16.9 Å². The van der Waals surface area contributed by atoms with Crippen molar-refractivity contribution in [3.8, 4) is 0 Å². The van der Waals surface area contributed by atoms with Gasteiger partial charge in [0, 0.05) is 24.5 Å². The summed E-state index contributed by atoms with van der Waals surface area (Å²) in [5.41, 5.74) is 0.774. The van der Waals surface area contributed by atoms with E-state index < -0.39 is 9.84 Å². The topological polar surface area (TPSA) is 90.6 Å². The highest BCUT2D eigenvalue weighted by atomic mass is 32.2. The molecule has 140 valence electrons. The zero-order valence-corrected chi connectivity index (χ0v) is 15.7. The smallest absolute Gasteiger partial charge is 0.152 e. The lowest BCUT2D eigenvalue weighted by Gasteiger charge is -2.25. The molecule has 0 amide bonds. The van der Waals surface area contributed by atoms with E-state index in [1.54, 1.807) is 12.4 Å². The van der Waals surface area contributed by atoms with Crippen molar-refractivity contribution in [3.63, 3.8) is 0 Å². The first-order valence-electron chi connectivity index (χ1n) is 9.50. The minimum absolute atomic E-state index is 0.0410. The van der Waals surface area contributed by atoms with Crippen LogP contribution in [0.1, 0.15) is 68.4 Å². The summed E-state index contributed by atoms with van der Waals surface area (Å²) in [4.78, 5) is 8.91. The van der Waals surface area contributed by atoms with Crippen LogP contribution in [0.5, 0.6) is 0 Å². The summed E-state index contributed by atoms with van der Waals surface area (Å²) in [5, 5.41) is 8.64. The van der Waals surface area contributed by atoms with E-state index >= 15 is 0 Å². The van der Waals surface area contributed by atoms with Crippen LogP contribution in [0.3, 0.4) is 0 Å². The van der Waals surface area contributed by atoms with Crippen LogP contribution in [-0.2, 0) is 9.84 Å². The van der Waals surface area contributed by atoms with Crippen LogP contribution >= 0.6 is 0 Å². The summed E-state index contributed by atoms with van der Waals surface area (Å²) in [7, 11) is -2.93. The average molecular weight is 375 g/mol. The Morgan fingerprint density at radius 3 is 2.58 bits per heavy atom. The molecule has 2 atom stereocenters. The van der Waals surface area contributed by atoms with Gasteiger partial charge in [0.25, 0.3) is 0 Å². The number of sulfone groups is 1. The molecule has 1 aliphatic carbocycles. The Kier molecular flexibility index (Phi) is 5.02. The molecule has 2 aromatic rings. The van der Waals surface area contributed by atoms with Crippen molar-refractivity contribution >= 4 is 9.84 Å². The van der Waals surface area contributed by atoms with E-state index in [0.29, 0.717) is 12.3 Å². The average Bonchev–Trinajstić information content (AvgIpc) is 3.28. The SMILES string of the molecule is O=S1(=O)CCC(c2cn(C(CC3CCCCC3)c3ncccn3)nn2)C1. The fourth-order valence-corrected chi connectivity index (χ4v) is 5.97. The molecule has 2 unspecified atom stereocenters. The van der Waals surface area contributed by atoms with Gasteiger partial charge in [-0.25, -0.2) is 23.1 Å². The first kappa shape index (κ1) is 17.6. The van der Waals surface area contributed by atoms with E-state index in [0.717, 1.165) is 17.9 Å². The van der Waals surface area contributed by atoms with Gasteiger partial charge in [0.2, 0.25) is 0 Å². The summed E-state index contributed by atoms with van der Waals surface area (Å²) >= 11 is 0. The summed E-state index contributed by atoms with van der Waals surface area (Å²) in [5.74, 6) is 1.80. The van der Waals surface area contributed by atoms with Crippen LogP contribution < -0.4 is 0 Å². The largest absolute Gasteiger partial charge is 0.242 e. The minimum atomic E-state index is -2.93. The molecule has 1 saturated carbocycles. The van der Waals surface area contributed by atoms with Crippen molar-refractivity contribution in [2.24, 2.45) is 5.92 Å². The second-order valence-electron chi connectivity index (χ2n) is 7.59. The second-order valence-corrected chi connectivity index (χ2v) is 9.81. The van der Waals surface area contributed by atoms with Crippen molar-refractivity contribution in [1.29, 1.82) is 0 Å². The maximum absolute atomic E-state index is 11.8. The number of hydrogen-bond donors (Lipinski definition) is 0. The lowest BCUT2D eigenvalue weighted by Crippen LogP contribution is -2.20. The Morgan fingerprint density at radius 2 is 1.88 bits per heavy atom. The van der Waals surface area contributed by atoms with Crippen LogP contribution in [0.2, 0.25) is 0 Å². The zero-order valence-electron chi connectivity index (χ0n) is 14.9. The molecule has 4 rings (SSSR count). The lowest BCUT2D eigenvalue weighted by atomic mass is 9.84. The molecule has 1 saturated heterocycles. The monoisotopic (exact) mass is 375 g/mol. The number of hydrogen-bond acceptors (Lipinski definition) is 6. The highest BCUT2D eigenvalue weighted by molar-refractivity contribution is 7.91. The fraction of sp³-hybridized carbons (Fsp3) is 0.667. The Morgan fingerprint density at radius 1 is 1.12 bits per heavy atom. The maximum Gasteiger partial charge on any atom is 0.152 e. The third kappa shape index (κ3) is 3.95. The summed E-state index contributed by atoms with van der Waals surface area (Å²) < 4.78 is 25.4. The Labute approximate surface area is 154 Å². The Hall–Kier alpha value is -1.83. The molecule has 0 aromatic carbocycles. The summed E-state index contributed by atoms with van der Waals surface area (Å²) in [6.45, 7) is 0. The molecule has 2 fully saturated rings. The molecule has 26 heavy (non-hydrogen) atoms. The third-order valence-corrected chi connectivity index (χ3v) is 7.43. The van der Waals surface area contributed by atoms with Gasteiger partial charge in [-0.15, -0.1) is 5.10 Å². The molecule has 0 N–H and O–H groups in total. The van der Waals surface area contributed by atoms with E-state index in [9.17, 15) is 8.42 Å². The van der Waals surface area contributed by atoms with Gasteiger partial charge in [0.05, 0.1) is 17.2 Å². The lowest BCUT2D eigenvalue weighted by molar-refractivity contribution is 0.289. The van der Waals surface area contributed by atoms with Crippen molar-refractivity contribution < 1.29 is 8.42 Å². The molecule has 1 aliphatic heterocycles. The molecule has 0 spiro atoms. The van der Waals surface area contributed by atoms with Gasteiger partial charge < -0.3 is 0 Å². The highest BCUT2D eigenvalue weighted by Crippen LogP contribution is 2.33. The van der Waals surface area contributed by atoms with Gasteiger partial charge in [-0.3, -0.25) is 0 Å². The summed E-state index contributed by atoms with van der Waals surface area (Å²) in [6, 6.07) is 1.77. The van der Waals surface area contributed by atoms with Gasteiger partial charge in [0.1, 0.15) is 6.04 Å². The second kappa shape index (κ2) is 7.42. The standard InChI is InChI=1S/C18H25N5O2S/c24-26(25)10-7-15(13-26)16-12-23(22-21-16)17(18-19-8-4-9-20-18)11-14-5-2-1-3-6-14/h4,8-9,12,14-15,17H,1-3,5-7,10-11,13H2. The first-order chi connectivity index (χ1) is 12.6. The molecule has 8 heteroatoms. The van der Waals surface area contributed by atoms with Crippen molar-refractivity contribution in [3.05, 3.63) is 36.2 Å². The van der Waals surface area contributed by atoms with Crippen LogP contribution in [0.25, 0.3) is 0 Å². The molecule has 7 nitrogen and oxygen atoms in total. The van der Waals surface area contributed by atoms with Crippen LogP contribution in [0.15, 0.2) is 24.7 Å². The number of aromatic nitrogens is 5. The predicted octanol–water partition coefficient (Wildman–Crippen LogP) is 2.53. The molecule has 3 heterocycles. The normalized spacial score (nSPS) is 24.5. The molecule has 2 aromatic heterocycles. The quantitative estimate of drug-likeness (QED) is 0.797. The molecule has 0 radical (unpaired) electrons. The minimum Gasteiger partial charge on any atom is -0.242 e. The Balaban J connectivity index is 1.57. The van der Waals surface area contributed by atoms with E-state index in [1.165, 1.54) is 32.1 Å². The van der Waals surface area contributed by atoms with Crippen LogP contribution in [0, 0.1) is 5.92 Å². The Bertz CT molecular complexity index is 830. The van der Waals surface area contributed by atoms with Gasteiger partial charge in [0.15, 0.2) is 15.7 Å². The zero-order chi connectivity index (χ0) is 18.0. The first-order valence-corrected chi connectivity index (χ1v) is 11.3. The number of rotatable bonds is 5. The van der Waals surface area contributed by atoms with Crippen molar-refractivity contribution in [2.75, 3.05) is 11.5 Å². The van der Waals surface area contributed by atoms with Gasteiger partial charge in [-0.05, 0) is 24.8 Å². The van der Waals surface area contributed by atoms with Crippen LogP contribution in [0.4, 0.5) is 0 Å². The van der Waals surface area contributed by atoms with Gasteiger partial charge in [-0.1, -0.05) is 37.3 Å². The molecule has 0 bridgehead atoms. The van der Waals surface area contributed by atoms with E-state index in [4.69, 9.17) is 0 Å². The third-order valence-electron chi connectivity index (χ3n) is 5.66. The van der Waals surface area contributed by atoms with E-state index in [2.05, 4.69) is 20.3 Å². The van der Waals surface area contributed by atoms with Crippen molar-refractivity contribution in [2.45, 2.75) is 56.9 Å². The molecular weight excluding hydrogens is 350 g/mol. The summed E-state index contributed by atoms with van der Waals surface area (Å²) in [6.07, 6.45) is 13.4. The highest BCUT2D eigenvalue weighted by Gasteiger charge is 2.32. The van der Waals surface area contributed by atoms with Crippen LogP contribution in [-0.4, -0.2) is 44.9 Å². The van der Waals surface area contributed by atoms with Crippen molar-refractivity contribution in [1.82, 2.24) is 25.0 Å². The van der Waals surface area contributed by atoms with E-state index in [-0.39, 0.29) is 23.5 Å². The number of nitrogens with zero attached hydrogens (tertiary/aromatic N) is 5. The molecular formula is C18H25N5O2S. The fourth-order valence-electron chi connectivity index (χ4n) is 4.21. The molecule has 2 aliphatic rings.